The van der Waals surface area contributed by atoms with Crippen LogP contribution in [-0.4, -0.2) is 57.2 Å². The Balaban J connectivity index is 2.24. The number of nitrogens with two attached hydrogens (primary N) is 1. The van der Waals surface area contributed by atoms with Crippen molar-refractivity contribution in [3.05, 3.63) is 17.0 Å². The number of hydrogen-bond donors (Lipinski definition) is 1. The number of ether oxygens (including phenoxy) is 2. The highest BCUT2D eigenvalue weighted by Gasteiger charge is 2.40. The first-order chi connectivity index (χ1) is 9.40. The Morgan fingerprint density at radius 2 is 1.90 bits per heavy atom. The molecule has 0 radical (unpaired) electrons. The van der Waals surface area contributed by atoms with E-state index in [-0.39, 0.29) is 34.5 Å². The predicted molar refractivity (Wildman–Crippen MR) is 80.6 cm³/mol. The van der Waals surface area contributed by atoms with Crippen LogP contribution in [0.1, 0.15) is 4.88 Å². The lowest BCUT2D eigenvalue weighted by Gasteiger charge is -2.14. The van der Waals surface area contributed by atoms with Crippen LogP contribution in [0.4, 0.5) is 0 Å². The van der Waals surface area contributed by atoms with Crippen LogP contribution in [0.25, 0.3) is 0 Å². The van der Waals surface area contributed by atoms with Gasteiger partial charge in [-0.1, -0.05) is 12.2 Å². The minimum absolute atomic E-state index is 0.197. The zero-order valence-corrected chi connectivity index (χ0v) is 13.6. The van der Waals surface area contributed by atoms with Gasteiger partial charge in [0.05, 0.1) is 17.1 Å². The smallest absolute Gasteiger partial charge is 0.252 e. The minimum Gasteiger partial charge on any atom is -0.389 e. The van der Waals surface area contributed by atoms with Gasteiger partial charge in [-0.3, -0.25) is 0 Å². The molecule has 2 rings (SSSR count). The van der Waals surface area contributed by atoms with E-state index >= 15 is 0 Å². The molecule has 112 valence electrons. The molecule has 0 aromatic carbocycles. The summed E-state index contributed by atoms with van der Waals surface area (Å²) in [6, 6.07) is 3.15. The molecule has 1 aromatic rings. The summed E-state index contributed by atoms with van der Waals surface area (Å²) in [6.07, 6.45) is -0.519. The first-order valence-corrected chi connectivity index (χ1v) is 8.52. The Kier molecular flexibility index (Phi) is 4.77. The van der Waals surface area contributed by atoms with Crippen molar-refractivity contribution in [2.75, 3.05) is 27.3 Å². The number of nitrogens with zero attached hydrogens (tertiary/aromatic N) is 1. The molecule has 9 heteroatoms. The second-order valence-corrected chi connectivity index (χ2v) is 8.04. The second-order valence-electron chi connectivity index (χ2n) is 4.35. The highest BCUT2D eigenvalue weighted by atomic mass is 32.2. The summed E-state index contributed by atoms with van der Waals surface area (Å²) < 4.78 is 37.2. The molecule has 0 spiro atoms. The van der Waals surface area contributed by atoms with E-state index in [2.05, 4.69) is 0 Å². The molecule has 2 heterocycles. The molecule has 6 nitrogen and oxygen atoms in total. The van der Waals surface area contributed by atoms with Crippen LogP contribution in [0, 0.1) is 0 Å². The maximum Gasteiger partial charge on any atom is 0.252 e. The van der Waals surface area contributed by atoms with Crippen LogP contribution >= 0.6 is 23.6 Å². The first kappa shape index (κ1) is 15.8. The molecule has 0 bridgehead atoms. The maximum absolute atomic E-state index is 12.5. The van der Waals surface area contributed by atoms with Gasteiger partial charge in [-0.25, -0.2) is 8.42 Å². The highest BCUT2D eigenvalue weighted by Crippen LogP contribution is 2.28. The van der Waals surface area contributed by atoms with Crippen molar-refractivity contribution < 1.29 is 17.9 Å². The van der Waals surface area contributed by atoms with Crippen molar-refractivity contribution in [3.63, 3.8) is 0 Å². The lowest BCUT2D eigenvalue weighted by atomic mass is 10.3. The van der Waals surface area contributed by atoms with Crippen molar-refractivity contribution in [2.24, 2.45) is 5.73 Å². The van der Waals surface area contributed by atoms with E-state index in [0.29, 0.717) is 4.88 Å². The number of rotatable bonds is 5. The molecule has 2 unspecified atom stereocenters. The Morgan fingerprint density at radius 1 is 1.35 bits per heavy atom. The SMILES string of the molecule is COC1CN(S(=O)(=O)c2ccc(C(N)=S)s2)CC1OC. The standard InChI is InChI=1S/C11H16N2O4S3/c1-16-7-5-13(6-8(7)17-2)20(14,15)10-4-3-9(19-10)11(12)18/h3-4,7-8H,5-6H2,1-2H3,(H2,12,18). The predicted octanol–water partition coefficient (Wildman–Crippen LogP) is 0.417. The normalized spacial score (nSPS) is 24.1. The zero-order valence-electron chi connectivity index (χ0n) is 11.1. The molecule has 20 heavy (non-hydrogen) atoms. The van der Waals surface area contributed by atoms with Crippen molar-refractivity contribution >= 4 is 38.6 Å². The van der Waals surface area contributed by atoms with Gasteiger partial charge in [-0.05, 0) is 12.1 Å². The van der Waals surface area contributed by atoms with Gasteiger partial charge >= 0.3 is 0 Å². The average Bonchev–Trinajstić information content (AvgIpc) is 3.05. The average molecular weight is 336 g/mol. The number of thiophene rings is 1. The first-order valence-electron chi connectivity index (χ1n) is 5.85. The lowest BCUT2D eigenvalue weighted by Crippen LogP contribution is -2.29. The fraction of sp³-hybridized carbons (Fsp3) is 0.545. The van der Waals surface area contributed by atoms with E-state index in [1.165, 1.54) is 10.4 Å². The molecule has 1 aromatic heterocycles. The second kappa shape index (κ2) is 6.04. The third kappa shape index (κ3) is 2.87. The monoisotopic (exact) mass is 336 g/mol. The van der Waals surface area contributed by atoms with Crippen LogP contribution in [0.5, 0.6) is 0 Å². The summed E-state index contributed by atoms with van der Waals surface area (Å²) in [5.74, 6) is 0. The van der Waals surface area contributed by atoms with Crippen molar-refractivity contribution in [3.8, 4) is 0 Å². The Morgan fingerprint density at radius 3 is 2.30 bits per heavy atom. The Hall–Kier alpha value is -0.580. The summed E-state index contributed by atoms with van der Waals surface area (Å²) in [4.78, 5) is 0.784. The molecule has 1 saturated heterocycles. The topological polar surface area (TPSA) is 81.9 Å². The highest BCUT2D eigenvalue weighted by molar-refractivity contribution is 7.91. The minimum atomic E-state index is -3.56. The van der Waals surface area contributed by atoms with E-state index < -0.39 is 10.0 Å². The fourth-order valence-electron chi connectivity index (χ4n) is 2.08. The van der Waals surface area contributed by atoms with Crippen molar-refractivity contribution in [1.82, 2.24) is 4.31 Å². The van der Waals surface area contributed by atoms with Crippen molar-refractivity contribution in [2.45, 2.75) is 16.4 Å². The quantitative estimate of drug-likeness (QED) is 0.785. The van der Waals surface area contributed by atoms with Crippen LogP contribution in [0.15, 0.2) is 16.3 Å². The molecule has 0 amide bonds. The van der Waals surface area contributed by atoms with E-state index in [1.807, 2.05) is 0 Å². The Bertz CT molecular complexity index is 587. The summed E-state index contributed by atoms with van der Waals surface area (Å²) in [7, 11) is -0.472. The molecular weight excluding hydrogens is 320 g/mol. The van der Waals surface area contributed by atoms with Gasteiger partial charge < -0.3 is 15.2 Å². The number of thiocarbonyl (C=S) groups is 1. The van der Waals surface area contributed by atoms with Gasteiger partial charge in [0, 0.05) is 27.3 Å². The maximum atomic E-state index is 12.5. The Labute approximate surface area is 127 Å². The van der Waals surface area contributed by atoms with Crippen LogP contribution in [0.2, 0.25) is 0 Å². The third-order valence-electron chi connectivity index (χ3n) is 3.21. The summed E-state index contributed by atoms with van der Waals surface area (Å²) in [5, 5.41) is 0. The molecule has 2 atom stereocenters. The summed E-state index contributed by atoms with van der Waals surface area (Å²) >= 11 is 5.92. The molecule has 1 aliphatic heterocycles. The third-order valence-corrected chi connectivity index (χ3v) is 6.97. The van der Waals surface area contributed by atoms with Crippen molar-refractivity contribution in [1.29, 1.82) is 0 Å². The molecule has 2 N–H and O–H groups in total. The van der Waals surface area contributed by atoms with Crippen LogP contribution in [0.3, 0.4) is 0 Å². The van der Waals surface area contributed by atoms with E-state index in [1.54, 1.807) is 20.3 Å². The van der Waals surface area contributed by atoms with Gasteiger partial charge in [0.15, 0.2) is 0 Å². The molecule has 1 aliphatic rings. The molecule has 0 saturated carbocycles. The van der Waals surface area contributed by atoms with Gasteiger partial charge in [0.25, 0.3) is 10.0 Å². The summed E-state index contributed by atoms with van der Waals surface area (Å²) in [6.45, 7) is 0.551. The van der Waals surface area contributed by atoms with Gasteiger partial charge in [-0.15, -0.1) is 11.3 Å². The molecule has 1 fully saturated rings. The fourth-order valence-corrected chi connectivity index (χ4v) is 5.05. The van der Waals surface area contributed by atoms with Gasteiger partial charge in [0.1, 0.15) is 9.20 Å². The van der Waals surface area contributed by atoms with E-state index in [4.69, 9.17) is 27.4 Å². The summed E-state index contributed by atoms with van der Waals surface area (Å²) in [5.41, 5.74) is 5.50. The van der Waals surface area contributed by atoms with Crippen LogP contribution in [-0.2, 0) is 19.5 Å². The van der Waals surface area contributed by atoms with E-state index in [9.17, 15) is 8.42 Å². The van der Waals surface area contributed by atoms with Crippen LogP contribution < -0.4 is 5.73 Å². The van der Waals surface area contributed by atoms with Gasteiger partial charge in [0.2, 0.25) is 0 Å². The largest absolute Gasteiger partial charge is 0.389 e. The van der Waals surface area contributed by atoms with Gasteiger partial charge in [-0.2, -0.15) is 4.31 Å². The molecular formula is C11H16N2O4S3. The zero-order chi connectivity index (χ0) is 14.9. The number of hydrogen-bond acceptors (Lipinski definition) is 6. The number of sulfonamides is 1. The number of methoxy groups -OCH3 is 2. The van der Waals surface area contributed by atoms with E-state index in [0.717, 1.165) is 11.3 Å². The molecule has 0 aliphatic carbocycles. The lowest BCUT2D eigenvalue weighted by molar-refractivity contribution is -0.00461.